The Balaban J connectivity index is 1.67. The van der Waals surface area contributed by atoms with Crippen LogP contribution in [0.25, 0.3) is 11.0 Å². The Morgan fingerprint density at radius 2 is 1.44 bits per heavy atom. The van der Waals surface area contributed by atoms with Crippen molar-refractivity contribution in [3.05, 3.63) is 70.6 Å². The molecule has 0 radical (unpaired) electrons. The van der Waals surface area contributed by atoms with Crippen molar-refractivity contribution >= 4 is 22.8 Å². The van der Waals surface area contributed by atoms with Crippen molar-refractivity contribution in [3.63, 3.8) is 0 Å². The first-order valence-electron chi connectivity index (χ1n) is 8.90. The molecule has 0 atom stereocenters. The summed E-state index contributed by atoms with van der Waals surface area (Å²) in [5, 5.41) is 0. The number of carbonyl (C=O) groups excluding carboxylic acids is 2. The number of nitrogens with zero attached hydrogens (tertiary/aromatic N) is 2. The highest BCUT2D eigenvalue weighted by atomic mass is 16.2. The zero-order valence-electron chi connectivity index (χ0n) is 15.1. The fourth-order valence-electron chi connectivity index (χ4n) is 3.01. The van der Waals surface area contributed by atoms with Crippen LogP contribution in [-0.2, 0) is 29.1 Å². The van der Waals surface area contributed by atoms with E-state index in [-0.39, 0.29) is 24.6 Å². The quantitative estimate of drug-likeness (QED) is 0.650. The van der Waals surface area contributed by atoms with Gasteiger partial charge in [0.15, 0.2) is 0 Å². The van der Waals surface area contributed by atoms with Crippen molar-refractivity contribution in [2.45, 2.75) is 32.9 Å². The Labute approximate surface area is 156 Å². The van der Waals surface area contributed by atoms with E-state index >= 15 is 0 Å². The standard InChI is InChI=1S/C20H22N4O3/c1-2-12-23-16-10-6-7-11-17(16)24(20(23)27)14-19(26)22-21-18(25)13-15-8-4-3-5-9-15/h3-11H,2,12-14H2,1H3,(H,21,25)(H,22,26). The van der Waals surface area contributed by atoms with Gasteiger partial charge in [-0.1, -0.05) is 49.4 Å². The van der Waals surface area contributed by atoms with Crippen LogP contribution < -0.4 is 16.5 Å². The number of hydrazine groups is 1. The number of rotatable bonds is 6. The summed E-state index contributed by atoms with van der Waals surface area (Å²) in [7, 11) is 0. The van der Waals surface area contributed by atoms with Crippen LogP contribution in [0.1, 0.15) is 18.9 Å². The third-order valence-electron chi connectivity index (χ3n) is 4.22. The summed E-state index contributed by atoms with van der Waals surface area (Å²) < 4.78 is 3.08. The molecule has 7 heteroatoms. The molecular weight excluding hydrogens is 344 g/mol. The molecule has 7 nitrogen and oxygen atoms in total. The van der Waals surface area contributed by atoms with E-state index in [9.17, 15) is 14.4 Å². The third kappa shape index (κ3) is 4.25. The molecule has 0 aliphatic rings. The first-order chi connectivity index (χ1) is 13.1. The highest BCUT2D eigenvalue weighted by Crippen LogP contribution is 2.13. The monoisotopic (exact) mass is 366 g/mol. The minimum Gasteiger partial charge on any atom is -0.292 e. The van der Waals surface area contributed by atoms with Crippen LogP contribution in [0.4, 0.5) is 0 Å². The molecule has 3 aromatic rings. The van der Waals surface area contributed by atoms with E-state index < -0.39 is 5.91 Å². The number of benzene rings is 2. The number of aromatic nitrogens is 2. The predicted molar refractivity (Wildman–Crippen MR) is 103 cm³/mol. The van der Waals surface area contributed by atoms with E-state index in [0.29, 0.717) is 12.1 Å². The number of carbonyl (C=O) groups is 2. The maximum atomic E-state index is 12.7. The normalized spacial score (nSPS) is 10.7. The Bertz CT molecular complexity index is 1000. The molecule has 1 heterocycles. The smallest absolute Gasteiger partial charge is 0.292 e. The number of imidazole rings is 1. The maximum Gasteiger partial charge on any atom is 0.329 e. The molecule has 0 saturated carbocycles. The van der Waals surface area contributed by atoms with Gasteiger partial charge in [-0.25, -0.2) is 4.79 Å². The molecule has 2 aromatic carbocycles. The number of nitrogens with one attached hydrogen (secondary N) is 2. The number of aryl methyl sites for hydroxylation is 1. The summed E-state index contributed by atoms with van der Waals surface area (Å²) in [5.74, 6) is -0.784. The second-order valence-corrected chi connectivity index (χ2v) is 6.27. The Morgan fingerprint density at radius 1 is 0.852 bits per heavy atom. The van der Waals surface area contributed by atoms with Gasteiger partial charge in [-0.05, 0) is 24.1 Å². The molecule has 140 valence electrons. The van der Waals surface area contributed by atoms with E-state index in [2.05, 4.69) is 10.9 Å². The van der Waals surface area contributed by atoms with Crippen molar-refractivity contribution in [1.82, 2.24) is 20.0 Å². The number of hydrogen-bond acceptors (Lipinski definition) is 3. The van der Waals surface area contributed by atoms with Gasteiger partial charge in [-0.15, -0.1) is 0 Å². The second-order valence-electron chi connectivity index (χ2n) is 6.27. The van der Waals surface area contributed by atoms with Crippen LogP contribution in [-0.4, -0.2) is 20.9 Å². The summed E-state index contributed by atoms with van der Waals surface area (Å²) in [6.45, 7) is 2.41. The summed E-state index contributed by atoms with van der Waals surface area (Å²) in [6.07, 6.45) is 0.979. The number of hydrogen-bond donors (Lipinski definition) is 2. The number of para-hydroxylation sites is 2. The molecule has 2 amide bonds. The maximum absolute atomic E-state index is 12.7. The highest BCUT2D eigenvalue weighted by molar-refractivity contribution is 5.84. The molecule has 0 fully saturated rings. The molecule has 0 spiro atoms. The minimum atomic E-state index is -0.460. The highest BCUT2D eigenvalue weighted by Gasteiger charge is 2.15. The first-order valence-corrected chi connectivity index (χ1v) is 8.90. The van der Waals surface area contributed by atoms with Crippen molar-refractivity contribution in [2.75, 3.05) is 0 Å². The predicted octanol–water partition coefficient (Wildman–Crippen LogP) is 1.60. The summed E-state index contributed by atoms with van der Waals surface area (Å²) in [6, 6.07) is 16.6. The second kappa shape index (κ2) is 8.35. The van der Waals surface area contributed by atoms with E-state index in [4.69, 9.17) is 0 Å². The first kappa shape index (κ1) is 18.4. The number of fused-ring (bicyclic) bond motifs is 1. The lowest BCUT2D eigenvalue weighted by Gasteiger charge is -2.08. The molecule has 2 N–H and O–H groups in total. The van der Waals surface area contributed by atoms with Gasteiger partial charge in [0.2, 0.25) is 5.91 Å². The molecule has 0 saturated heterocycles. The van der Waals surface area contributed by atoms with Crippen molar-refractivity contribution in [2.24, 2.45) is 0 Å². The van der Waals surface area contributed by atoms with Crippen LogP contribution >= 0.6 is 0 Å². The van der Waals surface area contributed by atoms with Gasteiger partial charge in [0, 0.05) is 6.54 Å². The summed E-state index contributed by atoms with van der Waals surface area (Å²) in [4.78, 5) is 36.8. The lowest BCUT2D eigenvalue weighted by atomic mass is 10.1. The fourth-order valence-corrected chi connectivity index (χ4v) is 3.01. The van der Waals surface area contributed by atoms with E-state index in [1.165, 1.54) is 4.57 Å². The van der Waals surface area contributed by atoms with Crippen LogP contribution in [0.3, 0.4) is 0 Å². The zero-order valence-corrected chi connectivity index (χ0v) is 15.1. The van der Waals surface area contributed by atoms with Crippen LogP contribution in [0.5, 0.6) is 0 Å². The largest absolute Gasteiger partial charge is 0.329 e. The fraction of sp³-hybridized carbons (Fsp3) is 0.250. The Hall–Kier alpha value is -3.35. The SMILES string of the molecule is CCCn1c(=O)n(CC(=O)NNC(=O)Cc2ccccc2)c2ccccc21. The zero-order chi connectivity index (χ0) is 19.2. The minimum absolute atomic E-state index is 0.164. The molecule has 3 rings (SSSR count). The van der Waals surface area contributed by atoms with Crippen molar-refractivity contribution in [3.8, 4) is 0 Å². The van der Waals surface area contributed by atoms with Gasteiger partial charge < -0.3 is 0 Å². The Kier molecular flexibility index (Phi) is 5.71. The molecule has 27 heavy (non-hydrogen) atoms. The average Bonchev–Trinajstić information content (AvgIpc) is 2.93. The average molecular weight is 366 g/mol. The van der Waals surface area contributed by atoms with E-state index in [1.54, 1.807) is 4.57 Å². The topological polar surface area (TPSA) is 85.1 Å². The molecule has 0 bridgehead atoms. The molecular formula is C20H22N4O3. The third-order valence-corrected chi connectivity index (χ3v) is 4.22. The van der Waals surface area contributed by atoms with Gasteiger partial charge in [-0.2, -0.15) is 0 Å². The van der Waals surface area contributed by atoms with Crippen molar-refractivity contribution in [1.29, 1.82) is 0 Å². The molecule has 0 aliphatic carbocycles. The van der Waals surface area contributed by atoms with E-state index in [1.807, 2.05) is 61.5 Å². The van der Waals surface area contributed by atoms with Gasteiger partial charge in [0.1, 0.15) is 6.54 Å². The Morgan fingerprint density at radius 3 is 2.11 bits per heavy atom. The van der Waals surface area contributed by atoms with Gasteiger partial charge in [0.05, 0.1) is 17.5 Å². The van der Waals surface area contributed by atoms with Crippen LogP contribution in [0.15, 0.2) is 59.4 Å². The van der Waals surface area contributed by atoms with Crippen LogP contribution in [0, 0.1) is 0 Å². The van der Waals surface area contributed by atoms with Gasteiger partial charge >= 0.3 is 5.69 Å². The van der Waals surface area contributed by atoms with Crippen LogP contribution in [0.2, 0.25) is 0 Å². The molecule has 0 unspecified atom stereocenters. The summed E-state index contributed by atoms with van der Waals surface area (Å²) >= 11 is 0. The van der Waals surface area contributed by atoms with Gasteiger partial charge in [-0.3, -0.25) is 29.6 Å². The lowest BCUT2D eigenvalue weighted by Crippen LogP contribution is -2.44. The lowest BCUT2D eigenvalue weighted by molar-refractivity contribution is -0.128. The molecule has 0 aliphatic heterocycles. The molecule has 1 aromatic heterocycles. The number of amides is 2. The van der Waals surface area contributed by atoms with Crippen molar-refractivity contribution < 1.29 is 9.59 Å². The summed E-state index contributed by atoms with van der Waals surface area (Å²) in [5.41, 5.74) is 6.88. The van der Waals surface area contributed by atoms with E-state index in [0.717, 1.165) is 17.5 Å². The van der Waals surface area contributed by atoms with Gasteiger partial charge in [0.25, 0.3) is 5.91 Å².